The molecule has 0 spiro atoms. The molecule has 0 aromatic carbocycles. The second-order valence-electron chi connectivity index (χ2n) is 3.16. The van der Waals surface area contributed by atoms with Gasteiger partial charge in [-0.3, -0.25) is 0 Å². The highest BCUT2D eigenvalue weighted by atomic mass is 16.3. The summed E-state index contributed by atoms with van der Waals surface area (Å²) in [7, 11) is 0. The maximum absolute atomic E-state index is 9.43. The molecule has 1 heteroatoms. The van der Waals surface area contributed by atoms with E-state index in [2.05, 4.69) is 13.5 Å². The summed E-state index contributed by atoms with van der Waals surface area (Å²) < 4.78 is 0. The highest BCUT2D eigenvalue weighted by molar-refractivity contribution is 5.13. The van der Waals surface area contributed by atoms with Gasteiger partial charge in [0.25, 0.3) is 0 Å². The van der Waals surface area contributed by atoms with E-state index in [4.69, 9.17) is 0 Å². The molecule has 1 N–H and O–H groups in total. The van der Waals surface area contributed by atoms with Crippen LogP contribution in [0.2, 0.25) is 0 Å². The Morgan fingerprint density at radius 1 is 1.73 bits per heavy atom. The first-order valence-corrected chi connectivity index (χ1v) is 4.31. The number of allylic oxidation sites excluding steroid dienone is 3. The van der Waals surface area contributed by atoms with Crippen LogP contribution >= 0.6 is 0 Å². The molecule has 1 aliphatic rings. The average Bonchev–Trinajstić information content (AvgIpc) is 2.78. The van der Waals surface area contributed by atoms with Crippen molar-refractivity contribution in [3.05, 3.63) is 24.5 Å². The number of rotatable bonds is 4. The van der Waals surface area contributed by atoms with Crippen LogP contribution in [0.15, 0.2) is 24.5 Å². The van der Waals surface area contributed by atoms with E-state index < -0.39 is 0 Å². The van der Waals surface area contributed by atoms with Crippen molar-refractivity contribution in [3.63, 3.8) is 0 Å². The summed E-state index contributed by atoms with van der Waals surface area (Å²) in [5, 5.41) is 9.43. The van der Waals surface area contributed by atoms with Gasteiger partial charge in [0.2, 0.25) is 0 Å². The first-order chi connectivity index (χ1) is 5.29. The fourth-order valence-corrected chi connectivity index (χ4v) is 1.26. The predicted molar refractivity (Wildman–Crippen MR) is 47.4 cm³/mol. The van der Waals surface area contributed by atoms with Gasteiger partial charge in [-0.25, -0.2) is 0 Å². The fraction of sp³-hybridized carbons (Fsp3) is 0.600. The third-order valence-corrected chi connectivity index (χ3v) is 2.16. The largest absolute Gasteiger partial charge is 0.512 e. The van der Waals surface area contributed by atoms with Crippen LogP contribution < -0.4 is 0 Å². The summed E-state index contributed by atoms with van der Waals surface area (Å²) in [5.41, 5.74) is 0. The number of hydrogen-bond donors (Lipinski definition) is 1. The fourth-order valence-electron chi connectivity index (χ4n) is 1.26. The van der Waals surface area contributed by atoms with Crippen LogP contribution in [0.3, 0.4) is 0 Å². The smallest absolute Gasteiger partial charge is 0.0919 e. The zero-order chi connectivity index (χ0) is 8.27. The predicted octanol–water partition coefficient (Wildman–Crippen LogP) is 3.05. The highest BCUT2D eigenvalue weighted by Crippen LogP contribution is 2.43. The minimum atomic E-state index is 0.402. The molecule has 2 unspecified atom stereocenters. The molecule has 0 saturated heterocycles. The van der Waals surface area contributed by atoms with Crippen molar-refractivity contribution in [1.82, 2.24) is 0 Å². The Kier molecular flexibility index (Phi) is 2.75. The van der Waals surface area contributed by atoms with Crippen molar-refractivity contribution in [2.75, 3.05) is 0 Å². The third-order valence-electron chi connectivity index (χ3n) is 2.16. The molecule has 1 rings (SSSR count). The highest BCUT2D eigenvalue weighted by Gasteiger charge is 2.37. The van der Waals surface area contributed by atoms with Gasteiger partial charge in [-0.1, -0.05) is 19.4 Å². The lowest BCUT2D eigenvalue weighted by atomic mass is 10.2. The quantitative estimate of drug-likeness (QED) is 0.485. The van der Waals surface area contributed by atoms with Crippen molar-refractivity contribution in [2.24, 2.45) is 11.8 Å². The molecule has 0 amide bonds. The monoisotopic (exact) mass is 152 g/mol. The van der Waals surface area contributed by atoms with E-state index in [1.165, 1.54) is 0 Å². The van der Waals surface area contributed by atoms with Gasteiger partial charge in [-0.2, -0.15) is 0 Å². The number of unbranched alkanes of at least 4 members (excludes halogenated alkanes) is 1. The van der Waals surface area contributed by atoms with Crippen molar-refractivity contribution in [1.29, 1.82) is 0 Å². The summed E-state index contributed by atoms with van der Waals surface area (Å²) in [5.74, 6) is 1.53. The maximum atomic E-state index is 9.43. The molecule has 1 aliphatic carbocycles. The van der Waals surface area contributed by atoms with E-state index in [0.717, 1.165) is 19.3 Å². The first kappa shape index (κ1) is 8.38. The molecule has 1 fully saturated rings. The molecule has 0 aliphatic heterocycles. The lowest BCUT2D eigenvalue weighted by molar-refractivity contribution is 0.372. The first-order valence-electron chi connectivity index (χ1n) is 4.31. The molecule has 62 valence electrons. The van der Waals surface area contributed by atoms with E-state index in [1.807, 2.05) is 12.2 Å². The standard InChI is InChI=1S/C10H16O/c1-3-5-6-10(11)9-7-8(9)4-2/h4,6,8-9,11H,2-3,5,7H2,1H3/b10-6+. The van der Waals surface area contributed by atoms with Gasteiger partial charge >= 0.3 is 0 Å². The summed E-state index contributed by atoms with van der Waals surface area (Å²) in [6.45, 7) is 5.81. The Hall–Kier alpha value is -0.720. The van der Waals surface area contributed by atoms with E-state index in [0.29, 0.717) is 17.6 Å². The Morgan fingerprint density at radius 2 is 2.45 bits per heavy atom. The molecule has 2 atom stereocenters. The van der Waals surface area contributed by atoms with Crippen molar-refractivity contribution in [3.8, 4) is 0 Å². The Morgan fingerprint density at radius 3 is 2.91 bits per heavy atom. The van der Waals surface area contributed by atoms with Gasteiger partial charge in [0.15, 0.2) is 0 Å². The number of aliphatic hydroxyl groups is 1. The van der Waals surface area contributed by atoms with E-state index in [-0.39, 0.29) is 0 Å². The van der Waals surface area contributed by atoms with Crippen LogP contribution in [0.4, 0.5) is 0 Å². The van der Waals surface area contributed by atoms with Crippen molar-refractivity contribution < 1.29 is 5.11 Å². The minimum absolute atomic E-state index is 0.402. The molecular weight excluding hydrogens is 136 g/mol. The molecule has 0 heterocycles. The van der Waals surface area contributed by atoms with Crippen molar-refractivity contribution in [2.45, 2.75) is 26.2 Å². The molecular formula is C10H16O. The Labute approximate surface area is 68.4 Å². The van der Waals surface area contributed by atoms with Gasteiger partial charge in [-0.05, 0) is 24.8 Å². The van der Waals surface area contributed by atoms with Crippen LogP contribution in [0, 0.1) is 11.8 Å². The summed E-state index contributed by atoms with van der Waals surface area (Å²) >= 11 is 0. The SMILES string of the molecule is C=CC1CC1/C(O)=C\CCC. The Balaban J connectivity index is 2.31. The molecule has 0 aromatic rings. The average molecular weight is 152 g/mol. The van der Waals surface area contributed by atoms with Crippen LogP contribution in [-0.4, -0.2) is 5.11 Å². The van der Waals surface area contributed by atoms with Crippen LogP contribution in [0.1, 0.15) is 26.2 Å². The zero-order valence-electron chi connectivity index (χ0n) is 7.09. The van der Waals surface area contributed by atoms with Crippen molar-refractivity contribution >= 4 is 0 Å². The lowest BCUT2D eigenvalue weighted by Gasteiger charge is -1.95. The Bertz CT molecular complexity index is 170. The number of hydrogen-bond acceptors (Lipinski definition) is 1. The summed E-state index contributed by atoms with van der Waals surface area (Å²) in [6, 6.07) is 0. The van der Waals surface area contributed by atoms with Crippen LogP contribution in [-0.2, 0) is 0 Å². The second kappa shape index (κ2) is 3.61. The molecule has 0 aromatic heterocycles. The third kappa shape index (κ3) is 2.11. The van der Waals surface area contributed by atoms with Gasteiger partial charge < -0.3 is 5.11 Å². The van der Waals surface area contributed by atoms with Crippen LogP contribution in [0.25, 0.3) is 0 Å². The lowest BCUT2D eigenvalue weighted by Crippen LogP contribution is -1.85. The van der Waals surface area contributed by atoms with Crippen LogP contribution in [0.5, 0.6) is 0 Å². The molecule has 0 radical (unpaired) electrons. The van der Waals surface area contributed by atoms with Gasteiger partial charge in [0, 0.05) is 5.92 Å². The molecule has 0 bridgehead atoms. The second-order valence-corrected chi connectivity index (χ2v) is 3.16. The topological polar surface area (TPSA) is 20.2 Å². The van der Waals surface area contributed by atoms with Gasteiger partial charge in [-0.15, -0.1) is 6.58 Å². The molecule has 1 saturated carbocycles. The zero-order valence-corrected chi connectivity index (χ0v) is 7.09. The van der Waals surface area contributed by atoms with E-state index >= 15 is 0 Å². The normalized spacial score (nSPS) is 30.1. The summed E-state index contributed by atoms with van der Waals surface area (Å²) in [6.07, 6.45) is 7.06. The van der Waals surface area contributed by atoms with E-state index in [1.54, 1.807) is 0 Å². The maximum Gasteiger partial charge on any atom is 0.0919 e. The number of aliphatic hydroxyl groups excluding tert-OH is 1. The van der Waals surface area contributed by atoms with Gasteiger partial charge in [0.1, 0.15) is 0 Å². The van der Waals surface area contributed by atoms with Gasteiger partial charge in [0.05, 0.1) is 5.76 Å². The van der Waals surface area contributed by atoms with E-state index in [9.17, 15) is 5.11 Å². The summed E-state index contributed by atoms with van der Waals surface area (Å²) in [4.78, 5) is 0. The molecule has 1 nitrogen and oxygen atoms in total. The molecule has 11 heavy (non-hydrogen) atoms. The minimum Gasteiger partial charge on any atom is -0.512 e.